The molecule has 3 aliphatic rings. The van der Waals surface area contributed by atoms with Crippen LogP contribution in [0, 0.1) is 12.7 Å². The monoisotopic (exact) mass is 438 g/mol. The van der Waals surface area contributed by atoms with E-state index in [1.54, 1.807) is 17.8 Å². The van der Waals surface area contributed by atoms with Crippen LogP contribution in [0.5, 0.6) is 11.6 Å². The molecule has 1 aromatic carbocycles. The van der Waals surface area contributed by atoms with Gasteiger partial charge in [0.25, 0.3) is 5.91 Å². The third-order valence-electron chi connectivity index (χ3n) is 5.52. The van der Waals surface area contributed by atoms with Gasteiger partial charge in [0, 0.05) is 30.3 Å². The molecule has 2 bridgehead atoms. The predicted octanol–water partition coefficient (Wildman–Crippen LogP) is 1.68. The van der Waals surface area contributed by atoms with Crippen molar-refractivity contribution in [2.75, 3.05) is 13.2 Å². The fourth-order valence-electron chi connectivity index (χ4n) is 4.40. The minimum absolute atomic E-state index is 0.00138. The lowest BCUT2D eigenvalue weighted by Gasteiger charge is -2.71. The summed E-state index contributed by atoms with van der Waals surface area (Å²) in [5.74, 6) is -0.0260. The molecule has 3 saturated carbocycles. The highest BCUT2D eigenvalue weighted by Crippen LogP contribution is 2.60. The molecule has 2 aromatic rings. The maximum Gasteiger partial charge on any atom is 0.258 e. The lowest BCUT2D eigenvalue weighted by molar-refractivity contribution is -0.152. The van der Waals surface area contributed by atoms with Gasteiger partial charge in [0.15, 0.2) is 6.61 Å². The number of aliphatic hydroxyl groups excluding tert-OH is 1. The van der Waals surface area contributed by atoms with Crippen molar-refractivity contribution in [1.29, 1.82) is 0 Å². The van der Waals surface area contributed by atoms with E-state index in [1.165, 1.54) is 12.1 Å². The minimum atomic E-state index is -0.822. The summed E-state index contributed by atoms with van der Waals surface area (Å²) in [7, 11) is 1.78. The van der Waals surface area contributed by atoms with Crippen LogP contribution in [0.1, 0.15) is 25.0 Å². The van der Waals surface area contributed by atoms with Crippen LogP contribution in [0.3, 0.4) is 0 Å². The summed E-state index contributed by atoms with van der Waals surface area (Å²) in [6.45, 7) is 1.77. The Morgan fingerprint density at radius 1 is 1.33 bits per heavy atom. The minimum Gasteiger partial charge on any atom is -0.484 e. The molecular formula is C20H24ClFN4O4. The molecule has 10 heteroatoms. The zero-order valence-corrected chi connectivity index (χ0v) is 17.5. The van der Waals surface area contributed by atoms with E-state index in [0.717, 1.165) is 31.0 Å². The van der Waals surface area contributed by atoms with Crippen molar-refractivity contribution in [2.45, 2.75) is 43.5 Å². The van der Waals surface area contributed by atoms with Crippen LogP contribution in [0.4, 0.5) is 4.39 Å². The normalized spacial score (nSPS) is 25.1. The summed E-state index contributed by atoms with van der Waals surface area (Å²) in [5, 5.41) is 20.6. The molecule has 30 heavy (non-hydrogen) atoms. The van der Waals surface area contributed by atoms with Gasteiger partial charge in [0.05, 0.1) is 10.7 Å². The quantitative estimate of drug-likeness (QED) is 0.515. The molecule has 1 amide bonds. The largest absolute Gasteiger partial charge is 0.484 e. The van der Waals surface area contributed by atoms with E-state index in [4.69, 9.17) is 21.1 Å². The van der Waals surface area contributed by atoms with Crippen molar-refractivity contribution in [2.24, 2.45) is 7.05 Å². The van der Waals surface area contributed by atoms with Crippen molar-refractivity contribution in [3.05, 3.63) is 40.8 Å². The number of hydrogen-bond donors (Lipinski definition) is 3. The second-order valence-corrected chi connectivity index (χ2v) is 8.63. The van der Waals surface area contributed by atoms with Crippen molar-refractivity contribution < 1.29 is 23.8 Å². The zero-order chi connectivity index (χ0) is 21.5. The Morgan fingerprint density at radius 3 is 2.70 bits per heavy atom. The first kappa shape index (κ1) is 20.9. The van der Waals surface area contributed by atoms with Crippen LogP contribution in [0.25, 0.3) is 0 Å². The number of carbonyl (C=O) groups is 1. The van der Waals surface area contributed by atoms with Crippen molar-refractivity contribution in [3.63, 3.8) is 0 Å². The maximum atomic E-state index is 13.4. The molecule has 0 spiro atoms. The molecule has 3 fully saturated rings. The Morgan fingerprint density at radius 2 is 2.07 bits per heavy atom. The Bertz CT molecular complexity index is 947. The summed E-state index contributed by atoms with van der Waals surface area (Å²) in [4.78, 5) is 12.2. The smallest absolute Gasteiger partial charge is 0.258 e. The molecule has 162 valence electrons. The van der Waals surface area contributed by atoms with Gasteiger partial charge in [-0.05, 0) is 38.3 Å². The van der Waals surface area contributed by atoms with E-state index in [2.05, 4.69) is 15.7 Å². The number of benzene rings is 1. The number of aliphatic hydroxyl groups is 1. The van der Waals surface area contributed by atoms with Gasteiger partial charge >= 0.3 is 0 Å². The van der Waals surface area contributed by atoms with E-state index in [-0.39, 0.29) is 41.0 Å². The number of halogens is 2. The van der Waals surface area contributed by atoms with Gasteiger partial charge < -0.3 is 19.9 Å². The standard InChI is InChI=1S/C20H24ClFN4O4/c1-12-5-18(26(2)25-12)30-8-17(28)24-20-9-19(10-20,11-20)23-16(27)7-29-13-3-4-14(21)15(22)6-13/h3-6,17,24,28H,7-11H2,1-2H3,(H,23,27). The lowest BCUT2D eigenvalue weighted by Crippen LogP contribution is -2.84. The molecule has 0 saturated heterocycles. The maximum absolute atomic E-state index is 13.4. The number of aromatic nitrogens is 2. The van der Waals surface area contributed by atoms with Gasteiger partial charge in [-0.25, -0.2) is 9.07 Å². The summed E-state index contributed by atoms with van der Waals surface area (Å²) in [5.41, 5.74) is 0.397. The number of aryl methyl sites for hydroxylation is 2. The first-order valence-corrected chi connectivity index (χ1v) is 10.0. The number of amides is 1. The number of carbonyl (C=O) groups excluding carboxylic acids is 1. The van der Waals surface area contributed by atoms with Crippen molar-refractivity contribution in [3.8, 4) is 11.6 Å². The van der Waals surface area contributed by atoms with Gasteiger partial charge in [0.2, 0.25) is 5.88 Å². The summed E-state index contributed by atoms with van der Waals surface area (Å²) >= 11 is 5.62. The van der Waals surface area contributed by atoms with Crippen LogP contribution in [-0.4, -0.2) is 51.3 Å². The molecule has 0 radical (unpaired) electrons. The van der Waals surface area contributed by atoms with Gasteiger partial charge in [-0.3, -0.25) is 10.1 Å². The average Bonchev–Trinajstić information content (AvgIpc) is 2.95. The van der Waals surface area contributed by atoms with E-state index >= 15 is 0 Å². The highest BCUT2D eigenvalue weighted by atomic mass is 35.5. The molecule has 1 unspecified atom stereocenters. The number of rotatable bonds is 9. The van der Waals surface area contributed by atoms with Crippen molar-refractivity contribution >= 4 is 17.5 Å². The molecule has 1 atom stereocenters. The molecule has 1 aromatic heterocycles. The van der Waals surface area contributed by atoms with Gasteiger partial charge in [-0.15, -0.1) is 0 Å². The van der Waals surface area contributed by atoms with Crippen LogP contribution in [0.15, 0.2) is 24.3 Å². The number of ether oxygens (including phenoxy) is 2. The molecule has 1 heterocycles. The van der Waals surface area contributed by atoms with Gasteiger partial charge in [-0.1, -0.05) is 11.6 Å². The Hall–Kier alpha value is -2.36. The highest BCUT2D eigenvalue weighted by Gasteiger charge is 2.68. The van der Waals surface area contributed by atoms with Crippen LogP contribution >= 0.6 is 11.6 Å². The van der Waals surface area contributed by atoms with Gasteiger partial charge in [0.1, 0.15) is 24.4 Å². The van der Waals surface area contributed by atoms with E-state index in [9.17, 15) is 14.3 Å². The summed E-state index contributed by atoms with van der Waals surface area (Å²) in [6.07, 6.45) is 1.35. The molecular weight excluding hydrogens is 415 g/mol. The third-order valence-corrected chi connectivity index (χ3v) is 5.82. The zero-order valence-electron chi connectivity index (χ0n) is 16.7. The molecule has 5 rings (SSSR count). The van der Waals surface area contributed by atoms with E-state index in [0.29, 0.717) is 5.88 Å². The lowest BCUT2D eigenvalue weighted by atomic mass is 9.44. The van der Waals surface area contributed by atoms with Crippen LogP contribution in [-0.2, 0) is 11.8 Å². The first-order chi connectivity index (χ1) is 14.2. The Labute approximate surface area is 178 Å². The SMILES string of the molecule is Cc1cc(OCC(O)NC23CC(NC(=O)COc4ccc(Cl)c(F)c4)(C2)C3)n(C)n1. The fourth-order valence-corrected chi connectivity index (χ4v) is 4.52. The average molecular weight is 439 g/mol. The molecule has 0 aliphatic heterocycles. The van der Waals surface area contributed by atoms with E-state index in [1.807, 2.05) is 6.92 Å². The second-order valence-electron chi connectivity index (χ2n) is 8.22. The Balaban J connectivity index is 1.17. The van der Waals surface area contributed by atoms with Crippen LogP contribution in [0.2, 0.25) is 5.02 Å². The predicted molar refractivity (Wildman–Crippen MR) is 107 cm³/mol. The Kier molecular flexibility index (Phi) is 5.37. The third kappa shape index (κ3) is 4.23. The summed E-state index contributed by atoms with van der Waals surface area (Å²) < 4.78 is 25.9. The van der Waals surface area contributed by atoms with Crippen LogP contribution < -0.4 is 20.1 Å². The number of nitrogens with zero attached hydrogens (tertiary/aromatic N) is 2. The molecule has 3 N–H and O–H groups in total. The summed E-state index contributed by atoms with van der Waals surface area (Å²) in [6, 6.07) is 5.84. The first-order valence-electron chi connectivity index (χ1n) is 9.66. The number of hydrogen-bond acceptors (Lipinski definition) is 6. The van der Waals surface area contributed by atoms with Gasteiger partial charge in [-0.2, -0.15) is 5.10 Å². The topological polar surface area (TPSA) is 97.6 Å². The van der Waals surface area contributed by atoms with E-state index < -0.39 is 12.0 Å². The van der Waals surface area contributed by atoms with Crippen molar-refractivity contribution in [1.82, 2.24) is 20.4 Å². The number of nitrogens with one attached hydrogen (secondary N) is 2. The second kappa shape index (κ2) is 7.72. The molecule has 3 aliphatic carbocycles. The molecule has 8 nitrogen and oxygen atoms in total. The highest BCUT2D eigenvalue weighted by molar-refractivity contribution is 6.30. The fraction of sp³-hybridized carbons (Fsp3) is 0.500.